The van der Waals surface area contributed by atoms with Gasteiger partial charge in [-0.15, -0.1) is 0 Å². The molecule has 1 aromatic heterocycles. The van der Waals surface area contributed by atoms with Gasteiger partial charge in [-0.2, -0.15) is 0 Å². The molecule has 2 fully saturated rings. The van der Waals surface area contributed by atoms with Gasteiger partial charge in [-0.3, -0.25) is 14.6 Å². The molecule has 3 unspecified atom stereocenters. The molecule has 2 aromatic carbocycles. The van der Waals surface area contributed by atoms with Crippen molar-refractivity contribution in [2.45, 2.75) is 56.4 Å². The van der Waals surface area contributed by atoms with Gasteiger partial charge in [0.05, 0.1) is 23.6 Å². The zero-order chi connectivity index (χ0) is 30.1. The van der Waals surface area contributed by atoms with E-state index in [1.807, 2.05) is 30.3 Å². The number of aliphatic carboxylic acids is 1. The SMILES string of the molecule is C[C@]1(CC(=O)O)CC(c2cccc(Cl)c2)C(c2ccc(Cl)cc2)N(C(CNS(=O)(=O)Cc2ccccn2)C2CC2)C1=O. The van der Waals surface area contributed by atoms with Gasteiger partial charge < -0.3 is 10.0 Å². The van der Waals surface area contributed by atoms with E-state index >= 15 is 0 Å². The number of halogens is 2. The third-order valence-corrected chi connectivity index (χ3v) is 10.0. The Balaban J connectivity index is 1.58. The van der Waals surface area contributed by atoms with Crippen molar-refractivity contribution in [3.8, 4) is 0 Å². The molecule has 2 heterocycles. The minimum atomic E-state index is -3.78. The van der Waals surface area contributed by atoms with E-state index < -0.39 is 33.5 Å². The molecule has 42 heavy (non-hydrogen) atoms. The van der Waals surface area contributed by atoms with Crippen LogP contribution in [0.2, 0.25) is 10.0 Å². The van der Waals surface area contributed by atoms with Crippen molar-refractivity contribution in [3.05, 3.63) is 99.8 Å². The molecule has 3 aromatic rings. The van der Waals surface area contributed by atoms with Crippen LogP contribution in [-0.4, -0.2) is 47.9 Å². The van der Waals surface area contributed by atoms with Crippen LogP contribution in [0.5, 0.6) is 0 Å². The second-order valence-corrected chi connectivity index (χ2v) is 14.2. The van der Waals surface area contributed by atoms with Crippen molar-refractivity contribution in [2.75, 3.05) is 6.54 Å². The number of aromatic nitrogens is 1. The van der Waals surface area contributed by atoms with Gasteiger partial charge in [-0.25, -0.2) is 13.1 Å². The van der Waals surface area contributed by atoms with Crippen molar-refractivity contribution in [1.29, 1.82) is 0 Å². The van der Waals surface area contributed by atoms with E-state index in [4.69, 9.17) is 23.2 Å². The monoisotopic (exact) mass is 629 g/mol. The summed E-state index contributed by atoms with van der Waals surface area (Å²) in [5.74, 6) is -1.91. The Kier molecular flexibility index (Phi) is 8.94. The molecular weight excluding hydrogens is 597 g/mol. The molecule has 0 spiro atoms. The Morgan fingerprint density at radius 2 is 1.81 bits per heavy atom. The van der Waals surface area contributed by atoms with Gasteiger partial charge in [0.15, 0.2) is 0 Å². The summed E-state index contributed by atoms with van der Waals surface area (Å²) in [4.78, 5) is 32.4. The number of carbonyl (C=O) groups is 2. The maximum Gasteiger partial charge on any atom is 0.304 e. The highest BCUT2D eigenvalue weighted by Crippen LogP contribution is 2.54. The summed E-state index contributed by atoms with van der Waals surface area (Å²) in [5, 5.41) is 10.9. The lowest BCUT2D eigenvalue weighted by atomic mass is 9.67. The molecule has 1 aliphatic heterocycles. The molecule has 8 nitrogen and oxygen atoms in total. The number of carboxylic acids is 1. The second-order valence-electron chi connectivity index (χ2n) is 11.5. The normalized spacial score (nSPS) is 23.5. The number of amides is 1. The fourth-order valence-electron chi connectivity index (χ4n) is 6.16. The minimum absolute atomic E-state index is 0.00107. The third kappa shape index (κ3) is 6.97. The van der Waals surface area contributed by atoms with Crippen molar-refractivity contribution < 1.29 is 23.1 Å². The number of pyridine rings is 1. The average Bonchev–Trinajstić information content (AvgIpc) is 3.77. The number of piperidine rings is 1. The maximum atomic E-state index is 14.5. The summed E-state index contributed by atoms with van der Waals surface area (Å²) >= 11 is 12.7. The van der Waals surface area contributed by atoms with E-state index in [-0.39, 0.29) is 42.9 Å². The van der Waals surface area contributed by atoms with Gasteiger partial charge in [-0.05, 0) is 72.7 Å². The van der Waals surface area contributed by atoms with Crippen molar-refractivity contribution >= 4 is 45.1 Å². The lowest BCUT2D eigenvalue weighted by molar-refractivity contribution is -0.161. The molecule has 1 aliphatic carbocycles. The molecule has 2 aliphatic rings. The lowest BCUT2D eigenvalue weighted by Crippen LogP contribution is -2.59. The third-order valence-electron chi connectivity index (χ3n) is 8.23. The molecule has 5 rings (SSSR count). The van der Waals surface area contributed by atoms with E-state index in [0.29, 0.717) is 15.7 Å². The Morgan fingerprint density at radius 3 is 2.43 bits per heavy atom. The van der Waals surface area contributed by atoms with E-state index in [2.05, 4.69) is 9.71 Å². The molecule has 1 amide bonds. The smallest absolute Gasteiger partial charge is 0.304 e. The lowest BCUT2D eigenvalue weighted by Gasteiger charge is -2.52. The van der Waals surface area contributed by atoms with Crippen molar-refractivity contribution in [1.82, 2.24) is 14.6 Å². The summed E-state index contributed by atoms with van der Waals surface area (Å²) in [6, 6.07) is 18.8. The number of carbonyl (C=O) groups excluding carboxylic acids is 1. The Bertz CT molecular complexity index is 1550. The molecular formula is C31H33Cl2N3O5S. The largest absolute Gasteiger partial charge is 0.481 e. The number of sulfonamides is 1. The van der Waals surface area contributed by atoms with Crippen molar-refractivity contribution in [2.24, 2.45) is 11.3 Å². The molecule has 222 valence electrons. The summed E-state index contributed by atoms with van der Waals surface area (Å²) < 4.78 is 29.0. The topological polar surface area (TPSA) is 117 Å². The van der Waals surface area contributed by atoms with Gasteiger partial charge in [-0.1, -0.05) is 60.5 Å². The molecule has 1 saturated heterocycles. The van der Waals surface area contributed by atoms with Crippen LogP contribution in [0, 0.1) is 11.3 Å². The van der Waals surface area contributed by atoms with Gasteiger partial charge in [0, 0.05) is 34.7 Å². The number of hydrogen-bond donors (Lipinski definition) is 2. The first-order valence-corrected chi connectivity index (χ1v) is 16.3. The van der Waals surface area contributed by atoms with Crippen LogP contribution in [-0.2, 0) is 25.4 Å². The first-order chi connectivity index (χ1) is 20.0. The fourth-order valence-corrected chi connectivity index (χ4v) is 7.57. The van der Waals surface area contributed by atoms with E-state index in [0.717, 1.165) is 24.0 Å². The van der Waals surface area contributed by atoms with Crippen LogP contribution >= 0.6 is 23.2 Å². The van der Waals surface area contributed by atoms with E-state index in [9.17, 15) is 23.1 Å². The Labute approximate surface area is 256 Å². The Hall–Kier alpha value is -2.98. The van der Waals surface area contributed by atoms with Gasteiger partial charge >= 0.3 is 5.97 Å². The number of hydrogen-bond acceptors (Lipinski definition) is 5. The fraction of sp³-hybridized carbons (Fsp3) is 0.387. The maximum absolute atomic E-state index is 14.5. The highest BCUT2D eigenvalue weighted by molar-refractivity contribution is 7.88. The zero-order valence-corrected chi connectivity index (χ0v) is 25.4. The van der Waals surface area contributed by atoms with E-state index in [1.165, 1.54) is 0 Å². The number of carboxylic acid groups (broad SMARTS) is 1. The molecule has 1 saturated carbocycles. The summed E-state index contributed by atoms with van der Waals surface area (Å²) in [7, 11) is -3.78. The highest BCUT2D eigenvalue weighted by atomic mass is 35.5. The average molecular weight is 631 g/mol. The molecule has 11 heteroatoms. The van der Waals surface area contributed by atoms with Crippen LogP contribution in [0.1, 0.15) is 61.4 Å². The number of benzene rings is 2. The predicted octanol–water partition coefficient (Wildman–Crippen LogP) is 5.82. The molecule has 4 atom stereocenters. The van der Waals surface area contributed by atoms with Crippen LogP contribution in [0.15, 0.2) is 72.9 Å². The quantitative estimate of drug-likeness (QED) is 0.276. The Morgan fingerprint density at radius 1 is 1.07 bits per heavy atom. The minimum Gasteiger partial charge on any atom is -0.481 e. The first-order valence-electron chi connectivity index (χ1n) is 13.9. The summed E-state index contributed by atoms with van der Waals surface area (Å²) in [5.41, 5.74) is 0.900. The predicted molar refractivity (Wildman–Crippen MR) is 162 cm³/mol. The highest BCUT2D eigenvalue weighted by Gasteiger charge is 2.54. The number of rotatable bonds is 11. The first kappa shape index (κ1) is 30.5. The van der Waals surface area contributed by atoms with Crippen LogP contribution < -0.4 is 4.72 Å². The van der Waals surface area contributed by atoms with Crippen molar-refractivity contribution in [3.63, 3.8) is 0 Å². The second kappa shape index (κ2) is 12.3. The van der Waals surface area contributed by atoms with Gasteiger partial charge in [0.25, 0.3) is 0 Å². The van der Waals surface area contributed by atoms with Gasteiger partial charge in [0.1, 0.15) is 5.75 Å². The van der Waals surface area contributed by atoms with Crippen LogP contribution in [0.4, 0.5) is 0 Å². The summed E-state index contributed by atoms with van der Waals surface area (Å²) in [6.07, 6.45) is 3.14. The van der Waals surface area contributed by atoms with Gasteiger partial charge in [0.2, 0.25) is 15.9 Å². The molecule has 0 radical (unpaired) electrons. The molecule has 2 N–H and O–H groups in total. The molecule has 0 bridgehead atoms. The standard InChI is InChI=1S/C31H33Cl2N3O5S/c1-31(17-28(37)38)16-26(22-5-4-6-24(33)15-22)29(21-10-12-23(32)13-11-21)36(30(31)39)27(20-8-9-20)18-35-42(40,41)19-25-7-2-3-14-34-25/h2-7,10-15,20,26-27,29,35H,8-9,16-19H2,1H3,(H,37,38)/t26?,27?,29?,31-/m1/s1. The zero-order valence-electron chi connectivity index (χ0n) is 23.1. The number of nitrogens with zero attached hydrogens (tertiary/aromatic N) is 2. The van der Waals surface area contributed by atoms with E-state index in [1.54, 1.807) is 54.4 Å². The van der Waals surface area contributed by atoms with Crippen LogP contribution in [0.3, 0.4) is 0 Å². The number of nitrogens with one attached hydrogen (secondary N) is 1. The van der Waals surface area contributed by atoms with Crippen LogP contribution in [0.25, 0.3) is 0 Å². The number of likely N-dealkylation sites (tertiary alicyclic amines) is 1. The summed E-state index contributed by atoms with van der Waals surface area (Å²) in [6.45, 7) is 1.70.